The van der Waals surface area contributed by atoms with Crippen LogP contribution in [0.15, 0.2) is 59.6 Å². The van der Waals surface area contributed by atoms with Gasteiger partial charge >= 0.3 is 0 Å². The molecule has 5 rings (SSSR count). The highest BCUT2D eigenvalue weighted by molar-refractivity contribution is 5.77. The lowest BCUT2D eigenvalue weighted by Gasteiger charge is -2.38. The van der Waals surface area contributed by atoms with E-state index in [2.05, 4.69) is 58.1 Å². The first kappa shape index (κ1) is 19.8. The van der Waals surface area contributed by atoms with Gasteiger partial charge in [-0.25, -0.2) is 4.98 Å². The predicted molar refractivity (Wildman–Crippen MR) is 121 cm³/mol. The molecule has 3 aromatic heterocycles. The van der Waals surface area contributed by atoms with E-state index < -0.39 is 0 Å². The van der Waals surface area contributed by atoms with Gasteiger partial charge in [0.15, 0.2) is 5.65 Å². The summed E-state index contributed by atoms with van der Waals surface area (Å²) in [6.45, 7) is 8.90. The van der Waals surface area contributed by atoms with E-state index >= 15 is 0 Å². The third-order valence-electron chi connectivity index (χ3n) is 6.17. The van der Waals surface area contributed by atoms with Crippen molar-refractivity contribution in [3.8, 4) is 11.1 Å². The fourth-order valence-corrected chi connectivity index (χ4v) is 4.29. The average molecular weight is 417 g/mol. The topological polar surface area (TPSA) is 62.7 Å². The van der Waals surface area contributed by atoms with Crippen molar-refractivity contribution in [1.29, 1.82) is 0 Å². The molecular formula is C24H28N6O. The van der Waals surface area contributed by atoms with Crippen LogP contribution in [0.3, 0.4) is 0 Å². The summed E-state index contributed by atoms with van der Waals surface area (Å²) in [5.41, 5.74) is 4.21. The van der Waals surface area contributed by atoms with E-state index in [1.54, 1.807) is 12.6 Å². The molecule has 0 aliphatic carbocycles. The van der Waals surface area contributed by atoms with Crippen LogP contribution in [0.2, 0.25) is 0 Å². The average Bonchev–Trinajstić information content (AvgIpc) is 3.50. The van der Waals surface area contributed by atoms with Gasteiger partial charge in [0.25, 0.3) is 0 Å². The quantitative estimate of drug-likeness (QED) is 0.478. The summed E-state index contributed by atoms with van der Waals surface area (Å²) < 4.78 is 7.43. The van der Waals surface area contributed by atoms with Crippen molar-refractivity contribution in [3.05, 3.63) is 66.8 Å². The lowest BCUT2D eigenvalue weighted by atomic mass is 10.1. The van der Waals surface area contributed by atoms with Crippen LogP contribution in [0.1, 0.15) is 25.4 Å². The van der Waals surface area contributed by atoms with Crippen LogP contribution in [0, 0.1) is 0 Å². The first-order valence-electron chi connectivity index (χ1n) is 11.0. The third-order valence-corrected chi connectivity index (χ3v) is 6.17. The molecule has 1 fully saturated rings. The number of aryl methyl sites for hydroxylation is 2. The fraction of sp³-hybridized carbons (Fsp3) is 0.375. The first-order chi connectivity index (χ1) is 15.2. The van der Waals surface area contributed by atoms with Gasteiger partial charge in [0.2, 0.25) is 0 Å². The minimum absolute atomic E-state index is 0.615. The maximum atomic E-state index is 5.45. The molecule has 160 valence electrons. The van der Waals surface area contributed by atoms with Crippen molar-refractivity contribution >= 4 is 11.3 Å². The maximum absolute atomic E-state index is 5.45. The molecule has 4 heterocycles. The molecule has 4 aromatic rings. The Bertz CT molecular complexity index is 1120. The molecule has 31 heavy (non-hydrogen) atoms. The minimum Gasteiger partial charge on any atom is -0.469 e. The maximum Gasteiger partial charge on any atom is 0.171 e. The van der Waals surface area contributed by atoms with Gasteiger partial charge in [0, 0.05) is 62.5 Å². The Kier molecular flexibility index (Phi) is 5.42. The van der Waals surface area contributed by atoms with Gasteiger partial charge in [-0.1, -0.05) is 12.1 Å². The van der Waals surface area contributed by atoms with Crippen molar-refractivity contribution in [2.45, 2.75) is 32.7 Å². The van der Waals surface area contributed by atoms with Crippen LogP contribution in [0.25, 0.3) is 16.8 Å². The lowest BCUT2D eigenvalue weighted by molar-refractivity contribution is 0.209. The zero-order valence-electron chi connectivity index (χ0n) is 18.1. The molecule has 7 nitrogen and oxygen atoms in total. The number of nitrogens with zero attached hydrogens (tertiary/aromatic N) is 6. The zero-order valence-corrected chi connectivity index (χ0v) is 18.1. The standard InChI is InChI=1S/C24H28N6O/c1-18(2)28-11-13-29(14-12-28)20-7-5-19(6-8-20)22-16-25-23(30-17-26-27-24(22)30)10-9-21-4-3-15-31-21/h3-8,15-18H,9-14H2,1-2H3. The Morgan fingerprint density at radius 2 is 1.81 bits per heavy atom. The Morgan fingerprint density at radius 1 is 1.00 bits per heavy atom. The van der Waals surface area contributed by atoms with Crippen LogP contribution >= 0.6 is 0 Å². The van der Waals surface area contributed by atoms with Gasteiger partial charge in [-0.15, -0.1) is 10.2 Å². The zero-order chi connectivity index (χ0) is 21.2. The van der Waals surface area contributed by atoms with E-state index in [0.717, 1.165) is 67.4 Å². The smallest absolute Gasteiger partial charge is 0.171 e. The Hall–Kier alpha value is -3.19. The van der Waals surface area contributed by atoms with Gasteiger partial charge < -0.3 is 9.32 Å². The van der Waals surface area contributed by atoms with Crippen LogP contribution in [0.5, 0.6) is 0 Å². The number of fused-ring (bicyclic) bond motifs is 1. The molecule has 0 radical (unpaired) electrons. The van der Waals surface area contributed by atoms with E-state index in [0.29, 0.717) is 6.04 Å². The number of rotatable bonds is 6. The second-order valence-electron chi connectivity index (χ2n) is 8.36. The molecule has 0 spiro atoms. The molecule has 0 N–H and O–H groups in total. The Morgan fingerprint density at radius 3 is 2.52 bits per heavy atom. The van der Waals surface area contributed by atoms with Crippen molar-refractivity contribution in [3.63, 3.8) is 0 Å². The highest BCUT2D eigenvalue weighted by Gasteiger charge is 2.19. The van der Waals surface area contributed by atoms with Crippen LogP contribution in [-0.2, 0) is 12.8 Å². The molecular weight excluding hydrogens is 388 g/mol. The lowest BCUT2D eigenvalue weighted by Crippen LogP contribution is -2.48. The van der Waals surface area contributed by atoms with Gasteiger partial charge in [-0.2, -0.15) is 0 Å². The number of hydrogen-bond donors (Lipinski definition) is 0. The van der Waals surface area contributed by atoms with Crippen molar-refractivity contribution in [2.75, 3.05) is 31.1 Å². The van der Waals surface area contributed by atoms with Crippen molar-refractivity contribution < 1.29 is 4.42 Å². The fourth-order valence-electron chi connectivity index (χ4n) is 4.29. The molecule has 1 aromatic carbocycles. The van der Waals surface area contributed by atoms with E-state index in [9.17, 15) is 0 Å². The van der Waals surface area contributed by atoms with Gasteiger partial charge in [0.05, 0.1) is 6.26 Å². The predicted octanol–water partition coefficient (Wildman–Crippen LogP) is 3.70. The molecule has 7 heteroatoms. The van der Waals surface area contributed by atoms with E-state index in [4.69, 9.17) is 9.40 Å². The van der Waals surface area contributed by atoms with E-state index in [1.807, 2.05) is 22.7 Å². The van der Waals surface area contributed by atoms with E-state index in [-0.39, 0.29) is 0 Å². The number of hydrogen-bond acceptors (Lipinski definition) is 6. The van der Waals surface area contributed by atoms with Crippen LogP contribution in [-0.4, -0.2) is 56.7 Å². The molecule has 1 saturated heterocycles. The molecule has 0 saturated carbocycles. The SMILES string of the molecule is CC(C)N1CCN(c2ccc(-c3cnc(CCc4ccco4)n4cnnc34)cc2)CC1. The van der Waals surface area contributed by atoms with E-state index in [1.165, 1.54) is 5.69 Å². The number of aromatic nitrogens is 4. The summed E-state index contributed by atoms with van der Waals surface area (Å²) in [6, 6.07) is 13.3. The summed E-state index contributed by atoms with van der Waals surface area (Å²) in [4.78, 5) is 9.71. The molecule has 1 aliphatic rings. The Labute approximate surface area is 182 Å². The molecule has 0 amide bonds. The normalized spacial score (nSPS) is 15.3. The highest BCUT2D eigenvalue weighted by atomic mass is 16.3. The van der Waals surface area contributed by atoms with Gasteiger partial charge in [-0.3, -0.25) is 9.30 Å². The highest BCUT2D eigenvalue weighted by Crippen LogP contribution is 2.27. The monoisotopic (exact) mass is 416 g/mol. The summed E-state index contributed by atoms with van der Waals surface area (Å²) in [5.74, 6) is 1.89. The summed E-state index contributed by atoms with van der Waals surface area (Å²) >= 11 is 0. The number of anilines is 1. The van der Waals surface area contributed by atoms with Gasteiger partial charge in [-0.05, 0) is 43.7 Å². The van der Waals surface area contributed by atoms with Gasteiger partial charge in [0.1, 0.15) is 17.9 Å². The van der Waals surface area contributed by atoms with Crippen LogP contribution in [0.4, 0.5) is 5.69 Å². The first-order valence-corrected chi connectivity index (χ1v) is 11.0. The van der Waals surface area contributed by atoms with Crippen molar-refractivity contribution in [1.82, 2.24) is 24.5 Å². The Balaban J connectivity index is 1.34. The largest absolute Gasteiger partial charge is 0.469 e. The summed E-state index contributed by atoms with van der Waals surface area (Å²) in [7, 11) is 0. The molecule has 0 atom stereocenters. The second-order valence-corrected chi connectivity index (χ2v) is 8.36. The number of benzene rings is 1. The molecule has 0 unspecified atom stereocenters. The van der Waals surface area contributed by atoms with Crippen molar-refractivity contribution in [2.24, 2.45) is 0 Å². The molecule has 1 aliphatic heterocycles. The second kappa shape index (κ2) is 8.51. The minimum atomic E-state index is 0.615. The summed E-state index contributed by atoms with van der Waals surface area (Å²) in [6.07, 6.45) is 6.92. The summed E-state index contributed by atoms with van der Waals surface area (Å²) in [5, 5.41) is 8.51. The number of piperazine rings is 1. The number of furan rings is 1. The molecule has 0 bridgehead atoms. The van der Waals surface area contributed by atoms with Crippen LogP contribution < -0.4 is 4.90 Å². The third kappa shape index (κ3) is 4.05.